The Morgan fingerprint density at radius 2 is 1.21 bits per heavy atom. The van der Waals surface area contributed by atoms with Gasteiger partial charge in [-0.15, -0.1) is 0 Å². The van der Waals surface area contributed by atoms with Crippen LogP contribution in [0.4, 0.5) is 23.3 Å². The van der Waals surface area contributed by atoms with Crippen molar-refractivity contribution in [3.05, 3.63) is 69.4 Å². The van der Waals surface area contributed by atoms with Gasteiger partial charge >= 0.3 is 0 Å². The number of aromatic nitrogens is 5. The summed E-state index contributed by atoms with van der Waals surface area (Å²) in [4.78, 5) is 18.0. The summed E-state index contributed by atoms with van der Waals surface area (Å²) in [5.74, 6) is 2.04. The highest BCUT2D eigenvalue weighted by molar-refractivity contribution is 7.73. The first kappa shape index (κ1) is 19.2. The monoisotopic (exact) mass is 421 g/mol. The van der Waals surface area contributed by atoms with Crippen molar-refractivity contribution in [2.75, 3.05) is 10.6 Å². The molecule has 4 aromatic rings. The second kappa shape index (κ2) is 8.06. The Hall–Kier alpha value is -3.17. The number of aryl methyl sites for hydroxylation is 3. The van der Waals surface area contributed by atoms with Crippen molar-refractivity contribution in [3.63, 3.8) is 0 Å². The highest BCUT2D eigenvalue weighted by atomic mass is 32.2. The minimum absolute atomic E-state index is 0.430. The first-order valence-electron chi connectivity index (χ1n) is 8.97. The van der Waals surface area contributed by atoms with Gasteiger partial charge in [0.2, 0.25) is 11.9 Å². The van der Waals surface area contributed by atoms with E-state index in [2.05, 4.69) is 30.6 Å². The van der Waals surface area contributed by atoms with Gasteiger partial charge < -0.3 is 10.6 Å². The van der Waals surface area contributed by atoms with E-state index in [-0.39, 0.29) is 0 Å². The Labute approximate surface area is 177 Å². The number of hydrogen-bond acceptors (Lipinski definition) is 8. The van der Waals surface area contributed by atoms with Crippen molar-refractivity contribution in [3.8, 4) is 5.95 Å². The molecule has 0 aliphatic heterocycles. The smallest absolute Gasteiger partial charge is 0.251 e. The van der Waals surface area contributed by atoms with Crippen LogP contribution in [0.2, 0.25) is 0 Å². The molecule has 7 nitrogen and oxygen atoms in total. The molecule has 2 aromatic carbocycles. The van der Waals surface area contributed by atoms with Gasteiger partial charge in [-0.1, -0.05) is 35.4 Å². The number of nitrogens with zero attached hydrogens (tertiary/aromatic N) is 5. The van der Waals surface area contributed by atoms with Crippen LogP contribution in [0.25, 0.3) is 5.95 Å². The molecule has 0 bridgehead atoms. The van der Waals surface area contributed by atoms with E-state index < -0.39 is 0 Å². The Kier molecular flexibility index (Phi) is 5.32. The largest absolute Gasteiger partial charge is 0.324 e. The Morgan fingerprint density at radius 1 is 0.724 bits per heavy atom. The molecule has 0 saturated carbocycles. The molecule has 0 amide bonds. The topological polar surface area (TPSA) is 80.5 Å². The van der Waals surface area contributed by atoms with Gasteiger partial charge in [0.05, 0.1) is 0 Å². The van der Waals surface area contributed by atoms with Crippen LogP contribution in [0, 0.1) is 24.7 Å². The molecule has 0 aliphatic carbocycles. The number of benzene rings is 2. The van der Waals surface area contributed by atoms with E-state index in [1.54, 1.807) is 3.96 Å². The maximum Gasteiger partial charge on any atom is 0.251 e. The van der Waals surface area contributed by atoms with Crippen molar-refractivity contribution in [2.24, 2.45) is 0 Å². The Bertz CT molecular complexity index is 1130. The molecule has 4 rings (SSSR count). The summed E-state index contributed by atoms with van der Waals surface area (Å²) < 4.78 is 2.33. The molecule has 0 radical (unpaired) electrons. The zero-order valence-electron chi connectivity index (χ0n) is 16.2. The van der Waals surface area contributed by atoms with Crippen molar-refractivity contribution in [1.82, 2.24) is 23.9 Å². The van der Waals surface area contributed by atoms with Crippen LogP contribution < -0.4 is 10.6 Å². The quantitative estimate of drug-likeness (QED) is 0.425. The summed E-state index contributed by atoms with van der Waals surface area (Å²) >= 11 is 6.52. The molecule has 0 unspecified atom stereocenters. The fraction of sp³-hybridized carbons (Fsp3) is 0.150. The summed E-state index contributed by atoms with van der Waals surface area (Å²) in [7, 11) is 0. The number of anilines is 4. The zero-order chi connectivity index (χ0) is 20.4. The first-order chi connectivity index (χ1) is 14.0. The van der Waals surface area contributed by atoms with Gasteiger partial charge in [-0.05, 0) is 68.8 Å². The van der Waals surface area contributed by atoms with Crippen molar-refractivity contribution in [2.45, 2.75) is 20.8 Å². The number of rotatable bonds is 5. The third-order valence-corrected chi connectivity index (χ3v) is 5.31. The number of hydrogen-bond donors (Lipinski definition) is 2. The second-order valence-corrected chi connectivity index (χ2v) is 8.15. The average Bonchev–Trinajstić information content (AvgIpc) is 3.03. The predicted octanol–water partition coefficient (Wildman–Crippen LogP) is 5.26. The summed E-state index contributed by atoms with van der Waals surface area (Å²) in [6.45, 7) is 5.96. The Balaban J connectivity index is 1.73. The fourth-order valence-corrected chi connectivity index (χ4v) is 3.65. The predicted molar refractivity (Wildman–Crippen MR) is 119 cm³/mol. The molecule has 0 fully saturated rings. The number of nitrogens with one attached hydrogen (secondary N) is 2. The lowest BCUT2D eigenvalue weighted by Crippen LogP contribution is -2.09. The van der Waals surface area contributed by atoms with E-state index in [4.69, 9.17) is 12.2 Å². The SMILES string of the molecule is Cc1ccc(Nc2nc(Nc3ccc(C)cc3)nc(-n3sc(=S)nc3C)n2)cc1. The van der Waals surface area contributed by atoms with Crippen LogP contribution in [0.3, 0.4) is 0 Å². The lowest BCUT2D eigenvalue weighted by Gasteiger charge is -2.11. The molecule has 0 spiro atoms. The molecule has 0 atom stereocenters. The van der Waals surface area contributed by atoms with E-state index >= 15 is 0 Å². The standard InChI is InChI=1S/C20H19N7S2/c1-12-4-8-15(9-5-12)22-17-24-18(23-16-10-6-13(2)7-11-16)26-19(25-17)27-14(3)21-20(28)29-27/h4-11H,1-3H3,(H2,22,23,24,25,26). The van der Waals surface area contributed by atoms with E-state index in [0.717, 1.165) is 17.2 Å². The zero-order valence-corrected chi connectivity index (χ0v) is 17.8. The summed E-state index contributed by atoms with van der Waals surface area (Å²) in [6, 6.07) is 16.1. The van der Waals surface area contributed by atoms with E-state index in [9.17, 15) is 0 Å². The fourth-order valence-electron chi connectivity index (χ4n) is 2.63. The van der Waals surface area contributed by atoms with Crippen LogP contribution in [0.1, 0.15) is 17.0 Å². The van der Waals surface area contributed by atoms with Gasteiger partial charge in [-0.3, -0.25) is 0 Å². The van der Waals surface area contributed by atoms with Gasteiger partial charge in [0.25, 0.3) is 5.95 Å². The molecule has 2 aromatic heterocycles. The van der Waals surface area contributed by atoms with Crippen LogP contribution >= 0.6 is 23.8 Å². The van der Waals surface area contributed by atoms with Gasteiger partial charge in [-0.2, -0.15) is 15.0 Å². The molecule has 146 valence electrons. The van der Waals surface area contributed by atoms with Crippen LogP contribution in [-0.2, 0) is 0 Å². The summed E-state index contributed by atoms with van der Waals surface area (Å²) in [5.41, 5.74) is 4.15. The Morgan fingerprint density at radius 3 is 1.62 bits per heavy atom. The van der Waals surface area contributed by atoms with Crippen LogP contribution in [0.5, 0.6) is 0 Å². The third kappa shape index (κ3) is 4.64. The lowest BCUT2D eigenvalue weighted by molar-refractivity contribution is 0.911. The molecule has 9 heteroatoms. The molecule has 2 heterocycles. The van der Waals surface area contributed by atoms with Crippen molar-refractivity contribution in [1.29, 1.82) is 0 Å². The highest BCUT2D eigenvalue weighted by Crippen LogP contribution is 2.21. The minimum Gasteiger partial charge on any atom is -0.324 e. The normalized spacial score (nSPS) is 10.7. The van der Waals surface area contributed by atoms with Crippen molar-refractivity contribution >= 4 is 47.0 Å². The van der Waals surface area contributed by atoms with Crippen molar-refractivity contribution < 1.29 is 0 Å². The lowest BCUT2D eigenvalue weighted by atomic mass is 10.2. The molecular weight excluding hydrogens is 402 g/mol. The first-order valence-corrected chi connectivity index (χ1v) is 10.2. The maximum absolute atomic E-state index is 5.20. The summed E-state index contributed by atoms with van der Waals surface area (Å²) in [5, 5.41) is 6.49. The van der Waals surface area contributed by atoms with Gasteiger partial charge in [0.15, 0.2) is 3.95 Å². The van der Waals surface area contributed by atoms with E-state index in [0.29, 0.717) is 21.8 Å². The third-order valence-electron chi connectivity index (χ3n) is 4.14. The molecule has 0 saturated heterocycles. The van der Waals surface area contributed by atoms with E-state index in [1.807, 2.05) is 69.3 Å². The second-order valence-electron chi connectivity index (χ2n) is 6.58. The maximum atomic E-state index is 5.20. The minimum atomic E-state index is 0.430. The molecule has 29 heavy (non-hydrogen) atoms. The molecule has 0 aliphatic rings. The van der Waals surface area contributed by atoms with Crippen LogP contribution in [-0.4, -0.2) is 23.9 Å². The van der Waals surface area contributed by atoms with Gasteiger partial charge in [-0.25, -0.2) is 8.94 Å². The summed E-state index contributed by atoms with van der Waals surface area (Å²) in [6.07, 6.45) is 0. The van der Waals surface area contributed by atoms with Crippen LogP contribution in [0.15, 0.2) is 48.5 Å². The average molecular weight is 422 g/mol. The van der Waals surface area contributed by atoms with E-state index in [1.165, 1.54) is 22.7 Å². The van der Waals surface area contributed by atoms with Gasteiger partial charge in [0, 0.05) is 11.4 Å². The highest BCUT2D eigenvalue weighted by Gasteiger charge is 2.12. The van der Waals surface area contributed by atoms with Gasteiger partial charge in [0.1, 0.15) is 5.82 Å². The molecular formula is C20H19N7S2. The molecule has 2 N–H and O–H groups in total.